The number of ether oxygens (including phenoxy) is 2. The van der Waals surface area contributed by atoms with Gasteiger partial charge in [-0.25, -0.2) is 18.4 Å². The summed E-state index contributed by atoms with van der Waals surface area (Å²) in [5.74, 6) is -5.15. The number of hydrogen-bond acceptors (Lipinski definition) is 7. The van der Waals surface area contributed by atoms with Gasteiger partial charge in [-0.1, -0.05) is 30.3 Å². The zero-order chi connectivity index (χ0) is 29.0. The van der Waals surface area contributed by atoms with Crippen LogP contribution in [-0.4, -0.2) is 39.3 Å². The van der Waals surface area contributed by atoms with Gasteiger partial charge < -0.3 is 19.4 Å². The number of benzene rings is 2. The number of nitrogens with one attached hydrogen (secondary N) is 1. The third-order valence-corrected chi connectivity index (χ3v) is 6.03. The van der Waals surface area contributed by atoms with Crippen molar-refractivity contribution < 1.29 is 32.6 Å². The maximum Gasteiger partial charge on any atom is 0.332 e. The van der Waals surface area contributed by atoms with Gasteiger partial charge in [-0.3, -0.25) is 19.0 Å². The zero-order valence-corrected chi connectivity index (χ0v) is 21.9. The van der Waals surface area contributed by atoms with Crippen molar-refractivity contribution in [1.29, 1.82) is 0 Å². The van der Waals surface area contributed by atoms with Gasteiger partial charge >= 0.3 is 17.6 Å². The Balaban J connectivity index is 1.92. The van der Waals surface area contributed by atoms with E-state index in [4.69, 9.17) is 9.47 Å². The minimum Gasteiger partial charge on any atom is -0.426 e. The van der Waals surface area contributed by atoms with Crippen LogP contribution in [0.5, 0.6) is 0 Å². The molecule has 39 heavy (non-hydrogen) atoms. The van der Waals surface area contributed by atoms with Gasteiger partial charge in [0.25, 0.3) is 11.5 Å². The molecule has 2 unspecified atom stereocenters. The summed E-state index contributed by atoms with van der Waals surface area (Å²) in [6.07, 6.45) is -1.45. The van der Waals surface area contributed by atoms with Gasteiger partial charge in [-0.15, -0.1) is 0 Å². The summed E-state index contributed by atoms with van der Waals surface area (Å²) >= 11 is 0. The Labute approximate surface area is 221 Å². The highest BCUT2D eigenvalue weighted by molar-refractivity contribution is 5.97. The molecular weight excluding hydrogens is 516 g/mol. The molecular formula is C27H27F2N3O7. The first-order valence-corrected chi connectivity index (χ1v) is 11.8. The fraction of sp³-hybridized carbons (Fsp3) is 0.296. The number of halogens is 2. The first-order chi connectivity index (χ1) is 18.3. The molecule has 0 saturated carbocycles. The Bertz CT molecular complexity index is 1520. The molecule has 0 aliphatic heterocycles. The van der Waals surface area contributed by atoms with E-state index in [-0.39, 0.29) is 6.42 Å². The van der Waals surface area contributed by atoms with Gasteiger partial charge in [0.15, 0.2) is 0 Å². The molecule has 0 fully saturated rings. The van der Waals surface area contributed by atoms with E-state index in [0.29, 0.717) is 22.4 Å². The van der Waals surface area contributed by atoms with Crippen molar-refractivity contribution in [2.45, 2.75) is 39.5 Å². The van der Waals surface area contributed by atoms with E-state index in [1.807, 2.05) is 0 Å². The molecule has 0 spiro atoms. The number of rotatable bonds is 8. The normalized spacial score (nSPS) is 12.4. The van der Waals surface area contributed by atoms with Crippen molar-refractivity contribution in [1.82, 2.24) is 14.5 Å². The molecule has 0 aliphatic carbocycles. The van der Waals surface area contributed by atoms with Gasteiger partial charge in [0.1, 0.15) is 23.2 Å². The molecule has 0 radical (unpaired) electrons. The molecule has 0 aliphatic rings. The lowest BCUT2D eigenvalue weighted by Gasteiger charge is -2.21. The van der Waals surface area contributed by atoms with Crippen LogP contribution in [0.1, 0.15) is 35.5 Å². The highest BCUT2D eigenvalue weighted by Gasteiger charge is 2.28. The standard InChI is InChI=1S/C27H27F2N3O7/c1-14-22(25(35)32(5)27(37)31(14)4)18-11-9-17(10-12-18)13-21(26(36)39-16(3)38-15(2)33)30-24(34)23-19(28)7-6-8-20(23)29/h6-12,16,21H,13H2,1-5H3,(H,30,34). The van der Waals surface area contributed by atoms with E-state index in [1.54, 1.807) is 38.2 Å². The van der Waals surface area contributed by atoms with Gasteiger partial charge in [-0.2, -0.15) is 0 Å². The monoisotopic (exact) mass is 543 g/mol. The summed E-state index contributed by atoms with van der Waals surface area (Å²) in [6, 6.07) is 7.85. The number of esters is 2. The summed E-state index contributed by atoms with van der Waals surface area (Å²) in [5, 5.41) is 2.28. The van der Waals surface area contributed by atoms with Crippen LogP contribution in [-0.2, 0) is 39.6 Å². The fourth-order valence-electron chi connectivity index (χ4n) is 3.96. The lowest BCUT2D eigenvalue weighted by atomic mass is 10.00. The first-order valence-electron chi connectivity index (χ1n) is 11.8. The fourth-order valence-corrected chi connectivity index (χ4v) is 3.96. The number of hydrogen-bond donors (Lipinski definition) is 1. The topological polar surface area (TPSA) is 126 Å². The molecule has 2 aromatic carbocycles. The molecule has 0 bridgehead atoms. The lowest BCUT2D eigenvalue weighted by Crippen LogP contribution is -2.45. The number of carbonyl (C=O) groups excluding carboxylic acids is 3. The van der Waals surface area contributed by atoms with E-state index >= 15 is 0 Å². The second-order valence-corrected chi connectivity index (χ2v) is 8.80. The Morgan fingerprint density at radius 3 is 2.10 bits per heavy atom. The predicted octanol–water partition coefficient (Wildman–Crippen LogP) is 2.13. The van der Waals surface area contributed by atoms with Crippen molar-refractivity contribution >= 4 is 17.8 Å². The number of amides is 1. The minimum absolute atomic E-state index is 0.169. The Morgan fingerprint density at radius 1 is 0.949 bits per heavy atom. The molecule has 12 heteroatoms. The van der Waals surface area contributed by atoms with Crippen molar-refractivity contribution in [3.8, 4) is 11.1 Å². The second kappa shape index (κ2) is 11.8. The molecule has 3 rings (SSSR count). The smallest absolute Gasteiger partial charge is 0.332 e. The van der Waals surface area contributed by atoms with Crippen molar-refractivity contribution in [3.05, 3.63) is 91.8 Å². The van der Waals surface area contributed by atoms with Crippen LogP contribution >= 0.6 is 0 Å². The van der Waals surface area contributed by atoms with Crippen LogP contribution in [0, 0.1) is 18.6 Å². The molecule has 0 saturated heterocycles. The molecule has 1 heterocycles. The van der Waals surface area contributed by atoms with Crippen molar-refractivity contribution in [3.63, 3.8) is 0 Å². The first kappa shape index (κ1) is 29.0. The number of nitrogens with zero attached hydrogens (tertiary/aromatic N) is 2. The molecule has 1 amide bonds. The lowest BCUT2D eigenvalue weighted by molar-refractivity contribution is -0.184. The Kier molecular flexibility index (Phi) is 8.79. The van der Waals surface area contributed by atoms with E-state index in [9.17, 15) is 32.8 Å². The molecule has 206 valence electrons. The van der Waals surface area contributed by atoms with Crippen LogP contribution in [0.3, 0.4) is 0 Å². The average Bonchev–Trinajstić information content (AvgIpc) is 2.86. The van der Waals surface area contributed by atoms with Crippen molar-refractivity contribution in [2.24, 2.45) is 14.1 Å². The van der Waals surface area contributed by atoms with Crippen LogP contribution in [0.4, 0.5) is 8.78 Å². The van der Waals surface area contributed by atoms with E-state index in [0.717, 1.165) is 29.7 Å². The largest absolute Gasteiger partial charge is 0.426 e. The Hall–Kier alpha value is -4.61. The summed E-state index contributed by atoms with van der Waals surface area (Å²) in [5.41, 5.74) is -0.0640. The zero-order valence-electron chi connectivity index (χ0n) is 21.9. The highest BCUT2D eigenvalue weighted by Crippen LogP contribution is 2.20. The summed E-state index contributed by atoms with van der Waals surface area (Å²) < 4.78 is 40.5. The van der Waals surface area contributed by atoms with E-state index in [2.05, 4.69) is 5.32 Å². The highest BCUT2D eigenvalue weighted by atomic mass is 19.1. The van der Waals surface area contributed by atoms with Crippen LogP contribution in [0.25, 0.3) is 11.1 Å². The number of carbonyl (C=O) groups is 3. The molecule has 10 nitrogen and oxygen atoms in total. The van der Waals surface area contributed by atoms with E-state index < -0.39 is 58.6 Å². The van der Waals surface area contributed by atoms with Crippen LogP contribution in [0.2, 0.25) is 0 Å². The van der Waals surface area contributed by atoms with Crippen LogP contribution < -0.4 is 16.6 Å². The molecule has 1 N–H and O–H groups in total. The Morgan fingerprint density at radius 2 is 1.54 bits per heavy atom. The third-order valence-electron chi connectivity index (χ3n) is 6.03. The predicted molar refractivity (Wildman–Crippen MR) is 136 cm³/mol. The average molecular weight is 544 g/mol. The molecule has 2 atom stereocenters. The van der Waals surface area contributed by atoms with Gasteiger partial charge in [-0.05, 0) is 30.2 Å². The van der Waals surface area contributed by atoms with Crippen LogP contribution in [0.15, 0.2) is 52.1 Å². The quantitative estimate of drug-likeness (QED) is 0.341. The third kappa shape index (κ3) is 6.46. The summed E-state index contributed by atoms with van der Waals surface area (Å²) in [4.78, 5) is 61.7. The molecule has 3 aromatic rings. The summed E-state index contributed by atoms with van der Waals surface area (Å²) in [6.45, 7) is 4.05. The maximum absolute atomic E-state index is 14.2. The SMILES string of the molecule is CC(=O)OC(C)OC(=O)C(Cc1ccc(-c2c(C)n(C)c(=O)n(C)c2=O)cc1)NC(=O)c1c(F)cccc1F. The van der Waals surface area contributed by atoms with Crippen molar-refractivity contribution in [2.75, 3.05) is 0 Å². The minimum atomic E-state index is -1.42. The molecule has 1 aromatic heterocycles. The second-order valence-electron chi connectivity index (χ2n) is 8.80. The van der Waals surface area contributed by atoms with E-state index in [1.165, 1.54) is 18.5 Å². The van der Waals surface area contributed by atoms with Gasteiger partial charge in [0.05, 0.1) is 5.56 Å². The summed E-state index contributed by atoms with van der Waals surface area (Å²) in [7, 11) is 2.92. The maximum atomic E-state index is 14.2. The van der Waals surface area contributed by atoms with Gasteiger partial charge in [0.2, 0.25) is 6.29 Å². The van der Waals surface area contributed by atoms with Gasteiger partial charge in [0, 0.05) is 40.1 Å². The number of aromatic nitrogens is 2.